The normalized spacial score (nSPS) is 12.2. The summed E-state index contributed by atoms with van der Waals surface area (Å²) in [7, 11) is 0. The van der Waals surface area contributed by atoms with Crippen LogP contribution in [-0.2, 0) is 27.4 Å². The molecule has 2 aromatic rings. The number of aromatic nitrogens is 4. The Morgan fingerprint density at radius 1 is 1.30 bits per heavy atom. The van der Waals surface area contributed by atoms with Crippen LogP contribution in [0.3, 0.4) is 0 Å². The second-order valence-corrected chi connectivity index (χ2v) is 8.14. The van der Waals surface area contributed by atoms with Gasteiger partial charge in [0.15, 0.2) is 11.7 Å². The van der Waals surface area contributed by atoms with E-state index in [9.17, 15) is 4.79 Å². The molecule has 0 bridgehead atoms. The van der Waals surface area contributed by atoms with E-state index >= 15 is 0 Å². The molecule has 1 heterocycles. The monoisotopic (exact) mass is 461 g/mol. The maximum Gasteiger partial charge on any atom is 0.240 e. The number of rotatable bonds is 16. The van der Waals surface area contributed by atoms with Gasteiger partial charge in [-0.2, -0.15) is 0 Å². The third kappa shape index (κ3) is 9.56. The molecule has 0 fully saturated rings. The molecule has 0 aliphatic heterocycles. The van der Waals surface area contributed by atoms with Gasteiger partial charge in [-0.1, -0.05) is 30.3 Å². The zero-order chi connectivity index (χ0) is 24.1. The predicted octanol–water partition coefficient (Wildman–Crippen LogP) is 0.634. The fourth-order valence-electron chi connectivity index (χ4n) is 2.79. The van der Waals surface area contributed by atoms with Gasteiger partial charge in [-0.25, -0.2) is 4.68 Å². The Labute approximate surface area is 194 Å². The standard InChI is InChI=1S/C22H35N7O4/c1-17(24-11-7-8-13-30)33-14-12-29-20(26-27-28-29)19(25-21(31)22(2,3)23)16-32-15-18-9-5-4-6-10-18/h4-6,9-10,19,24,30H,1,7-8,11-16,23H2,2-3H3,(H,25,31)/t19-/m1/s1. The van der Waals surface area contributed by atoms with Gasteiger partial charge in [0.05, 0.1) is 25.3 Å². The van der Waals surface area contributed by atoms with Gasteiger partial charge >= 0.3 is 0 Å². The first-order valence-corrected chi connectivity index (χ1v) is 10.9. The lowest BCUT2D eigenvalue weighted by Crippen LogP contribution is -2.51. The Morgan fingerprint density at radius 3 is 2.76 bits per heavy atom. The van der Waals surface area contributed by atoms with Crippen LogP contribution in [0.15, 0.2) is 42.8 Å². The molecule has 182 valence electrons. The van der Waals surface area contributed by atoms with Gasteiger partial charge in [-0.3, -0.25) is 4.79 Å². The number of ether oxygens (including phenoxy) is 2. The largest absolute Gasteiger partial charge is 0.478 e. The van der Waals surface area contributed by atoms with E-state index in [4.69, 9.17) is 20.3 Å². The molecule has 1 amide bonds. The minimum atomic E-state index is -1.07. The molecule has 0 aliphatic carbocycles. The molecule has 0 spiro atoms. The van der Waals surface area contributed by atoms with Crippen LogP contribution in [0.2, 0.25) is 0 Å². The summed E-state index contributed by atoms with van der Waals surface area (Å²) in [6, 6.07) is 9.13. The topological polar surface area (TPSA) is 149 Å². The van der Waals surface area contributed by atoms with Gasteiger partial charge in [0, 0.05) is 13.2 Å². The Hall–Kier alpha value is -3.02. The van der Waals surface area contributed by atoms with Crippen molar-refractivity contribution in [1.29, 1.82) is 0 Å². The Bertz CT molecular complexity index is 852. The lowest BCUT2D eigenvalue weighted by atomic mass is 10.1. The number of hydrogen-bond donors (Lipinski definition) is 4. The van der Waals surface area contributed by atoms with Crippen molar-refractivity contribution in [3.8, 4) is 0 Å². The Morgan fingerprint density at radius 2 is 2.06 bits per heavy atom. The molecule has 0 aliphatic rings. The van der Waals surface area contributed by atoms with Crippen molar-refractivity contribution in [2.24, 2.45) is 5.73 Å². The van der Waals surface area contributed by atoms with Crippen molar-refractivity contribution in [3.05, 3.63) is 54.2 Å². The molecular weight excluding hydrogens is 426 g/mol. The highest BCUT2D eigenvalue weighted by molar-refractivity contribution is 5.85. The highest BCUT2D eigenvalue weighted by Crippen LogP contribution is 2.13. The van der Waals surface area contributed by atoms with E-state index in [0.29, 0.717) is 37.8 Å². The minimum Gasteiger partial charge on any atom is -0.478 e. The molecule has 11 heteroatoms. The third-order valence-corrected chi connectivity index (χ3v) is 4.64. The number of carbonyl (C=O) groups excluding carboxylic acids is 1. The Balaban J connectivity index is 1.96. The van der Waals surface area contributed by atoms with Crippen LogP contribution < -0.4 is 16.4 Å². The minimum absolute atomic E-state index is 0.158. The van der Waals surface area contributed by atoms with Crippen LogP contribution in [0, 0.1) is 0 Å². The van der Waals surface area contributed by atoms with Gasteiger partial charge in [0.1, 0.15) is 12.6 Å². The van der Waals surface area contributed by atoms with Crippen molar-refractivity contribution in [2.45, 2.75) is 51.4 Å². The first kappa shape index (κ1) is 26.2. The number of unbranched alkanes of at least 4 members (excludes halogenated alkanes) is 1. The van der Waals surface area contributed by atoms with Crippen molar-refractivity contribution in [3.63, 3.8) is 0 Å². The van der Waals surface area contributed by atoms with E-state index in [-0.39, 0.29) is 25.7 Å². The highest BCUT2D eigenvalue weighted by Gasteiger charge is 2.28. The van der Waals surface area contributed by atoms with Crippen LogP contribution in [-0.4, -0.2) is 63.1 Å². The molecule has 1 aromatic carbocycles. The summed E-state index contributed by atoms with van der Waals surface area (Å²) in [5, 5.41) is 26.6. The average molecular weight is 462 g/mol. The van der Waals surface area contributed by atoms with E-state index in [1.54, 1.807) is 18.5 Å². The number of benzene rings is 1. The van der Waals surface area contributed by atoms with Crippen molar-refractivity contribution in [1.82, 2.24) is 30.8 Å². The molecule has 5 N–H and O–H groups in total. The number of aliphatic hydroxyl groups excluding tert-OH is 1. The number of nitrogens with one attached hydrogen (secondary N) is 2. The van der Waals surface area contributed by atoms with E-state index < -0.39 is 11.6 Å². The fraction of sp³-hybridized carbons (Fsp3) is 0.545. The van der Waals surface area contributed by atoms with Gasteiger partial charge in [-0.15, -0.1) is 5.10 Å². The quantitative estimate of drug-likeness (QED) is 0.209. The Kier molecular flexibility index (Phi) is 10.7. The molecule has 0 saturated carbocycles. The van der Waals surface area contributed by atoms with Crippen LogP contribution in [0.25, 0.3) is 0 Å². The van der Waals surface area contributed by atoms with Crippen LogP contribution in [0.5, 0.6) is 0 Å². The lowest BCUT2D eigenvalue weighted by Gasteiger charge is -2.24. The van der Waals surface area contributed by atoms with E-state index in [0.717, 1.165) is 12.0 Å². The summed E-state index contributed by atoms with van der Waals surface area (Å²) < 4.78 is 13.0. The van der Waals surface area contributed by atoms with Crippen LogP contribution in [0.1, 0.15) is 44.1 Å². The molecule has 0 saturated heterocycles. The summed E-state index contributed by atoms with van der Waals surface area (Å²) in [4.78, 5) is 12.5. The number of nitrogens with zero attached hydrogens (tertiary/aromatic N) is 4. The van der Waals surface area contributed by atoms with Crippen molar-refractivity contribution < 1.29 is 19.4 Å². The highest BCUT2D eigenvalue weighted by atomic mass is 16.5. The van der Waals surface area contributed by atoms with E-state index in [1.165, 1.54) is 0 Å². The van der Waals surface area contributed by atoms with Crippen molar-refractivity contribution in [2.75, 3.05) is 26.4 Å². The van der Waals surface area contributed by atoms with Gasteiger partial charge in [0.25, 0.3) is 0 Å². The van der Waals surface area contributed by atoms with E-state index in [1.807, 2.05) is 30.3 Å². The fourth-order valence-corrected chi connectivity index (χ4v) is 2.79. The summed E-state index contributed by atoms with van der Waals surface area (Å²) in [6.07, 6.45) is 1.53. The second kappa shape index (κ2) is 13.5. The van der Waals surface area contributed by atoms with Crippen LogP contribution in [0.4, 0.5) is 0 Å². The number of hydrogen-bond acceptors (Lipinski definition) is 9. The number of amides is 1. The molecule has 0 unspecified atom stereocenters. The summed E-state index contributed by atoms with van der Waals surface area (Å²) >= 11 is 0. The van der Waals surface area contributed by atoms with Gasteiger partial charge < -0.3 is 30.9 Å². The number of aliphatic hydroxyl groups is 1. The molecular formula is C22H35N7O4. The first-order chi connectivity index (χ1) is 15.8. The van der Waals surface area contributed by atoms with Gasteiger partial charge in [-0.05, 0) is 49.3 Å². The number of tetrazole rings is 1. The first-order valence-electron chi connectivity index (χ1n) is 10.9. The van der Waals surface area contributed by atoms with Crippen LogP contribution >= 0.6 is 0 Å². The second-order valence-electron chi connectivity index (χ2n) is 8.14. The predicted molar refractivity (Wildman–Crippen MR) is 122 cm³/mol. The number of carbonyl (C=O) groups is 1. The molecule has 2 rings (SSSR count). The zero-order valence-corrected chi connectivity index (χ0v) is 19.4. The maximum absolute atomic E-state index is 12.5. The molecule has 33 heavy (non-hydrogen) atoms. The zero-order valence-electron chi connectivity index (χ0n) is 19.4. The molecule has 0 radical (unpaired) electrons. The molecule has 1 aromatic heterocycles. The molecule has 1 atom stereocenters. The van der Waals surface area contributed by atoms with E-state index in [2.05, 4.69) is 32.7 Å². The third-order valence-electron chi connectivity index (χ3n) is 4.64. The summed E-state index contributed by atoms with van der Waals surface area (Å²) in [6.45, 7) is 9.05. The van der Waals surface area contributed by atoms with Crippen molar-refractivity contribution >= 4 is 5.91 Å². The lowest BCUT2D eigenvalue weighted by molar-refractivity contribution is -0.126. The SMILES string of the molecule is C=C(NCCCCO)OCCn1nnnc1[C@@H](COCc1ccccc1)NC(=O)C(C)(C)N. The van der Waals surface area contributed by atoms with Gasteiger partial charge in [0.2, 0.25) is 5.91 Å². The average Bonchev–Trinajstić information content (AvgIpc) is 3.24. The number of nitrogens with two attached hydrogens (primary N) is 1. The smallest absolute Gasteiger partial charge is 0.240 e. The summed E-state index contributed by atoms with van der Waals surface area (Å²) in [5.74, 6) is 0.524. The summed E-state index contributed by atoms with van der Waals surface area (Å²) in [5.41, 5.74) is 5.89. The maximum atomic E-state index is 12.5. The molecule has 11 nitrogen and oxygen atoms in total.